The Morgan fingerprint density at radius 1 is 1.24 bits per heavy atom. The van der Waals surface area contributed by atoms with Gasteiger partial charge in [-0.25, -0.2) is 9.52 Å². The van der Waals surface area contributed by atoms with E-state index < -0.39 is 27.3 Å². The fourth-order valence-corrected chi connectivity index (χ4v) is 4.93. The summed E-state index contributed by atoms with van der Waals surface area (Å²) in [7, 11) is -4.18. The van der Waals surface area contributed by atoms with Crippen LogP contribution in [0.1, 0.15) is 67.4 Å². The fraction of sp³-hybridized carbons (Fsp3) is 0.476. The Kier molecular flexibility index (Phi) is 5.16. The maximum atomic E-state index is 12.6. The highest BCUT2D eigenvalue weighted by Crippen LogP contribution is 2.46. The van der Waals surface area contributed by atoms with E-state index in [4.69, 9.17) is 4.42 Å². The van der Waals surface area contributed by atoms with Crippen LogP contribution in [0.25, 0.3) is 0 Å². The van der Waals surface area contributed by atoms with Gasteiger partial charge in [0.05, 0.1) is 12.4 Å². The van der Waals surface area contributed by atoms with Gasteiger partial charge in [0.25, 0.3) is 10.0 Å². The summed E-state index contributed by atoms with van der Waals surface area (Å²) in [5.74, 6) is 0.926. The third-order valence-corrected chi connectivity index (χ3v) is 7.14. The van der Waals surface area contributed by atoms with Crippen molar-refractivity contribution in [3.63, 3.8) is 0 Å². The fourth-order valence-electron chi connectivity index (χ4n) is 4.06. The van der Waals surface area contributed by atoms with Gasteiger partial charge in [-0.3, -0.25) is 0 Å². The molecule has 0 aliphatic heterocycles. The van der Waals surface area contributed by atoms with Crippen molar-refractivity contribution in [1.82, 2.24) is 4.72 Å². The summed E-state index contributed by atoms with van der Waals surface area (Å²) >= 11 is 0. The van der Waals surface area contributed by atoms with Crippen LogP contribution in [0.15, 0.2) is 34.0 Å². The number of nitrogens with one attached hydrogen (secondary N) is 2. The summed E-state index contributed by atoms with van der Waals surface area (Å²) in [5, 5.41) is 11.9. The first-order valence-corrected chi connectivity index (χ1v) is 11.5. The van der Waals surface area contributed by atoms with Gasteiger partial charge in [-0.15, -0.1) is 0 Å². The molecule has 1 saturated carbocycles. The summed E-state index contributed by atoms with van der Waals surface area (Å²) in [6.45, 7) is 3.66. The minimum Gasteiger partial charge on any atom is -0.451 e. The lowest BCUT2D eigenvalue weighted by molar-refractivity contribution is 0.198. The molecule has 2 aromatic rings. The smallest absolute Gasteiger partial charge is 0.333 e. The third-order valence-electron chi connectivity index (χ3n) is 5.94. The van der Waals surface area contributed by atoms with Crippen molar-refractivity contribution < 1.29 is 22.7 Å². The molecule has 0 saturated heterocycles. The average Bonchev–Trinajstić information content (AvgIpc) is 3.17. The molecule has 0 unspecified atom stereocenters. The Labute approximate surface area is 170 Å². The molecule has 1 aromatic heterocycles. The van der Waals surface area contributed by atoms with Gasteiger partial charge in [-0.05, 0) is 67.6 Å². The Bertz CT molecular complexity index is 1040. The number of hydrogen-bond acceptors (Lipinski definition) is 5. The Morgan fingerprint density at radius 2 is 2.00 bits per heavy atom. The molecule has 2 amide bonds. The van der Waals surface area contributed by atoms with Crippen molar-refractivity contribution in [2.24, 2.45) is 5.92 Å². The molecule has 2 atom stereocenters. The standard InChI is InChI=1S/C21H26N2O5S/c1-12(14-6-7-14)17-9-8-15-4-3-5-18(15)20(17)22-21(25)23-29(26,27)19-10-16(11-28-19)13(2)24/h8-14,24H,3-7H2,1-2H3,(H2,22,23,25)/t12-,13+/m1/s1. The summed E-state index contributed by atoms with van der Waals surface area (Å²) in [6.07, 6.45) is 5.53. The first-order valence-electron chi connectivity index (χ1n) is 10.0. The molecule has 2 aliphatic carbocycles. The zero-order valence-corrected chi connectivity index (χ0v) is 17.4. The SMILES string of the molecule is C[C@H](O)c1coc(S(=O)(=O)NC(=O)Nc2c([C@H](C)C3CC3)ccc3c2CCC3)c1. The Balaban J connectivity index is 1.57. The molecule has 4 rings (SSSR count). The quantitative estimate of drug-likeness (QED) is 0.660. The van der Waals surface area contributed by atoms with Crippen molar-refractivity contribution in [1.29, 1.82) is 0 Å². The van der Waals surface area contributed by atoms with Crippen molar-refractivity contribution >= 4 is 21.7 Å². The largest absolute Gasteiger partial charge is 0.451 e. The molecule has 8 heteroatoms. The number of anilines is 1. The summed E-state index contributed by atoms with van der Waals surface area (Å²) in [4.78, 5) is 12.6. The second kappa shape index (κ2) is 7.50. The molecule has 1 heterocycles. The highest BCUT2D eigenvalue weighted by atomic mass is 32.2. The molecular weight excluding hydrogens is 392 g/mol. The summed E-state index contributed by atoms with van der Waals surface area (Å²) in [5.41, 5.74) is 4.46. The molecule has 0 spiro atoms. The van der Waals surface area contributed by atoms with E-state index in [2.05, 4.69) is 24.4 Å². The van der Waals surface area contributed by atoms with Crippen LogP contribution in [0.5, 0.6) is 0 Å². The number of aliphatic hydroxyl groups excluding tert-OH is 1. The van der Waals surface area contributed by atoms with Crippen LogP contribution in [-0.4, -0.2) is 19.6 Å². The Hall–Kier alpha value is -2.32. The monoisotopic (exact) mass is 418 g/mol. The van der Waals surface area contributed by atoms with Crippen molar-refractivity contribution in [2.75, 3.05) is 5.32 Å². The van der Waals surface area contributed by atoms with Crippen LogP contribution in [0.4, 0.5) is 10.5 Å². The van der Waals surface area contributed by atoms with Gasteiger partial charge in [0.1, 0.15) is 0 Å². The van der Waals surface area contributed by atoms with Crippen LogP contribution >= 0.6 is 0 Å². The van der Waals surface area contributed by atoms with Gasteiger partial charge in [-0.1, -0.05) is 19.1 Å². The number of fused-ring (bicyclic) bond motifs is 1. The number of hydrogen-bond donors (Lipinski definition) is 3. The second-order valence-corrected chi connectivity index (χ2v) is 9.70. The lowest BCUT2D eigenvalue weighted by atomic mass is 9.91. The van der Waals surface area contributed by atoms with E-state index in [1.54, 1.807) is 0 Å². The molecule has 2 aliphatic rings. The average molecular weight is 419 g/mol. The number of urea groups is 1. The lowest BCUT2D eigenvalue weighted by Crippen LogP contribution is -2.34. The van der Waals surface area contributed by atoms with E-state index in [0.29, 0.717) is 17.4 Å². The number of amides is 2. The molecule has 0 bridgehead atoms. The molecule has 156 valence electrons. The molecule has 1 aromatic carbocycles. The third kappa shape index (κ3) is 4.04. The zero-order chi connectivity index (χ0) is 20.8. The zero-order valence-electron chi connectivity index (χ0n) is 16.6. The summed E-state index contributed by atoms with van der Waals surface area (Å²) < 4.78 is 32.0. The molecule has 7 nitrogen and oxygen atoms in total. The van der Waals surface area contributed by atoms with Gasteiger partial charge < -0.3 is 14.8 Å². The van der Waals surface area contributed by atoms with Crippen molar-refractivity contribution in [3.05, 3.63) is 46.7 Å². The number of aryl methyl sites for hydroxylation is 1. The maximum Gasteiger partial charge on any atom is 0.333 e. The normalized spacial score (nSPS) is 18.2. The first-order chi connectivity index (χ1) is 13.8. The van der Waals surface area contributed by atoms with Crippen LogP contribution in [0.3, 0.4) is 0 Å². The topological polar surface area (TPSA) is 109 Å². The number of carbonyl (C=O) groups is 1. The van der Waals surface area contributed by atoms with E-state index in [1.807, 2.05) is 4.72 Å². The first kappa shape index (κ1) is 20.0. The van der Waals surface area contributed by atoms with E-state index in [-0.39, 0.29) is 0 Å². The van der Waals surface area contributed by atoms with Crippen LogP contribution in [-0.2, 0) is 22.9 Å². The van der Waals surface area contributed by atoms with E-state index in [9.17, 15) is 18.3 Å². The van der Waals surface area contributed by atoms with Crippen LogP contribution < -0.4 is 10.0 Å². The summed E-state index contributed by atoms with van der Waals surface area (Å²) in [6, 6.07) is 4.60. The highest BCUT2D eigenvalue weighted by Gasteiger charge is 2.32. The van der Waals surface area contributed by atoms with E-state index >= 15 is 0 Å². The van der Waals surface area contributed by atoms with E-state index in [0.717, 1.165) is 42.3 Å². The lowest BCUT2D eigenvalue weighted by Gasteiger charge is -2.20. The number of rotatable bonds is 6. The number of carbonyl (C=O) groups excluding carboxylic acids is 1. The molecule has 29 heavy (non-hydrogen) atoms. The van der Waals surface area contributed by atoms with Gasteiger partial charge >= 0.3 is 6.03 Å². The molecular formula is C21H26N2O5S. The molecule has 1 fully saturated rings. The number of benzene rings is 1. The predicted molar refractivity (Wildman–Crippen MR) is 108 cm³/mol. The van der Waals surface area contributed by atoms with Gasteiger partial charge in [-0.2, -0.15) is 8.42 Å². The van der Waals surface area contributed by atoms with Gasteiger partial charge in [0.15, 0.2) is 0 Å². The number of sulfonamides is 1. The second-order valence-electron chi connectivity index (χ2n) is 8.08. The minimum absolute atomic E-state index is 0.312. The molecule has 3 N–H and O–H groups in total. The molecule has 0 radical (unpaired) electrons. The predicted octanol–water partition coefficient (Wildman–Crippen LogP) is 3.85. The van der Waals surface area contributed by atoms with Crippen LogP contribution in [0, 0.1) is 5.92 Å². The van der Waals surface area contributed by atoms with Crippen LogP contribution in [0.2, 0.25) is 0 Å². The van der Waals surface area contributed by atoms with Crippen molar-refractivity contribution in [3.8, 4) is 0 Å². The maximum absolute atomic E-state index is 12.6. The highest BCUT2D eigenvalue weighted by molar-refractivity contribution is 7.89. The van der Waals surface area contributed by atoms with Gasteiger partial charge in [0, 0.05) is 17.3 Å². The van der Waals surface area contributed by atoms with E-state index in [1.165, 1.54) is 31.4 Å². The Morgan fingerprint density at radius 3 is 2.66 bits per heavy atom. The number of furan rings is 1. The minimum atomic E-state index is -4.18. The van der Waals surface area contributed by atoms with Crippen molar-refractivity contribution in [2.45, 2.75) is 63.1 Å². The van der Waals surface area contributed by atoms with Gasteiger partial charge in [0.2, 0.25) is 5.09 Å². The number of aliphatic hydroxyl groups is 1.